The van der Waals surface area contributed by atoms with E-state index in [4.69, 9.17) is 0 Å². The van der Waals surface area contributed by atoms with Crippen LogP contribution in [-0.2, 0) is 6.42 Å². The van der Waals surface area contributed by atoms with Gasteiger partial charge in [0.2, 0.25) is 0 Å². The first-order chi connectivity index (χ1) is 7.40. The van der Waals surface area contributed by atoms with Crippen LogP contribution in [0.2, 0.25) is 0 Å². The summed E-state index contributed by atoms with van der Waals surface area (Å²) in [6, 6.07) is 4.66. The van der Waals surface area contributed by atoms with Crippen LogP contribution in [0.1, 0.15) is 38.1 Å². The Labute approximate surface area is 89.2 Å². The van der Waals surface area contributed by atoms with Gasteiger partial charge in [0.1, 0.15) is 11.3 Å². The fraction of sp³-hybridized carbons (Fsp3) is 0.500. The number of aryl methyl sites for hydroxylation is 1. The van der Waals surface area contributed by atoms with E-state index in [9.17, 15) is 0 Å². The lowest BCUT2D eigenvalue weighted by Gasteiger charge is -2.28. The number of fused-ring (bicyclic) bond motifs is 1. The topological polar surface area (TPSA) is 30.7 Å². The lowest BCUT2D eigenvalue weighted by atomic mass is 9.92. The number of hydrogen-bond acceptors (Lipinski definition) is 2. The Balaban J connectivity index is 2.22. The molecule has 78 valence electrons. The summed E-state index contributed by atoms with van der Waals surface area (Å²) in [7, 11) is 0. The Morgan fingerprint density at radius 2 is 2.33 bits per heavy atom. The number of pyridine rings is 1. The molecule has 2 aromatic heterocycles. The predicted octanol–water partition coefficient (Wildman–Crippen LogP) is 2.72. The van der Waals surface area contributed by atoms with Crippen molar-refractivity contribution in [2.24, 2.45) is 0 Å². The van der Waals surface area contributed by atoms with Crippen molar-refractivity contribution in [1.82, 2.24) is 14.5 Å². The normalized spacial score (nSPS) is 16.9. The van der Waals surface area contributed by atoms with E-state index >= 15 is 0 Å². The molecule has 0 radical (unpaired) electrons. The molecule has 0 unspecified atom stereocenters. The third-order valence-corrected chi connectivity index (χ3v) is 3.28. The van der Waals surface area contributed by atoms with E-state index in [-0.39, 0.29) is 0 Å². The summed E-state index contributed by atoms with van der Waals surface area (Å²) in [5, 5.41) is 0. The first-order valence-electron chi connectivity index (χ1n) is 5.72. The summed E-state index contributed by atoms with van der Waals surface area (Å²) in [6.45, 7) is 2.16. The van der Waals surface area contributed by atoms with Crippen LogP contribution >= 0.6 is 0 Å². The van der Waals surface area contributed by atoms with Gasteiger partial charge in [-0.1, -0.05) is 6.92 Å². The molecule has 0 aliphatic heterocycles. The minimum Gasteiger partial charge on any atom is -0.310 e. The minimum atomic E-state index is 0.653. The van der Waals surface area contributed by atoms with Crippen molar-refractivity contribution in [2.45, 2.75) is 38.6 Å². The third-order valence-electron chi connectivity index (χ3n) is 3.28. The van der Waals surface area contributed by atoms with Crippen LogP contribution in [0.3, 0.4) is 0 Å². The summed E-state index contributed by atoms with van der Waals surface area (Å²) >= 11 is 0. The molecule has 0 aromatic carbocycles. The van der Waals surface area contributed by atoms with E-state index in [0.717, 1.165) is 17.6 Å². The minimum absolute atomic E-state index is 0.653. The summed E-state index contributed by atoms with van der Waals surface area (Å²) in [6.07, 6.45) is 6.77. The smallest absolute Gasteiger partial charge is 0.160 e. The monoisotopic (exact) mass is 201 g/mol. The molecule has 0 spiro atoms. The van der Waals surface area contributed by atoms with Crippen LogP contribution < -0.4 is 0 Å². The van der Waals surface area contributed by atoms with E-state index in [1.165, 1.54) is 25.1 Å². The zero-order chi connectivity index (χ0) is 10.3. The Kier molecular flexibility index (Phi) is 1.97. The van der Waals surface area contributed by atoms with Crippen molar-refractivity contribution in [3.63, 3.8) is 0 Å². The summed E-state index contributed by atoms with van der Waals surface area (Å²) < 4.78 is 2.35. The Hall–Kier alpha value is -1.38. The standard InChI is InChI=1S/C12H15N3/c1-2-11-14-10-7-4-8-13-12(10)15(11)9-5-3-6-9/h4,7-9H,2-3,5-6H2,1H3. The molecule has 0 amide bonds. The second kappa shape index (κ2) is 3.33. The molecule has 0 saturated heterocycles. The fourth-order valence-electron chi connectivity index (χ4n) is 2.25. The van der Waals surface area contributed by atoms with Gasteiger partial charge in [-0.05, 0) is 31.4 Å². The second-order valence-corrected chi connectivity index (χ2v) is 4.18. The van der Waals surface area contributed by atoms with Gasteiger partial charge in [0, 0.05) is 18.7 Å². The molecule has 3 heteroatoms. The second-order valence-electron chi connectivity index (χ2n) is 4.18. The van der Waals surface area contributed by atoms with Gasteiger partial charge in [-0.2, -0.15) is 0 Å². The molecule has 1 fully saturated rings. The third kappa shape index (κ3) is 1.26. The molecular formula is C12H15N3. The Morgan fingerprint density at radius 3 is 3.00 bits per heavy atom. The largest absolute Gasteiger partial charge is 0.310 e. The van der Waals surface area contributed by atoms with Crippen LogP contribution in [-0.4, -0.2) is 14.5 Å². The maximum atomic E-state index is 4.63. The highest BCUT2D eigenvalue weighted by Crippen LogP contribution is 2.34. The first-order valence-corrected chi connectivity index (χ1v) is 5.72. The SMILES string of the molecule is CCc1nc2cccnc2n1C1CCC1. The molecule has 3 rings (SSSR count). The van der Waals surface area contributed by atoms with E-state index in [0.29, 0.717) is 6.04 Å². The van der Waals surface area contributed by atoms with Crippen molar-refractivity contribution < 1.29 is 0 Å². The first kappa shape index (κ1) is 8.89. The van der Waals surface area contributed by atoms with E-state index in [1.54, 1.807) is 0 Å². The Bertz CT molecular complexity index is 483. The van der Waals surface area contributed by atoms with Crippen molar-refractivity contribution >= 4 is 11.2 Å². The molecule has 1 saturated carbocycles. The van der Waals surface area contributed by atoms with Gasteiger partial charge in [0.25, 0.3) is 0 Å². The molecule has 1 aliphatic carbocycles. The highest BCUT2D eigenvalue weighted by Gasteiger charge is 2.24. The van der Waals surface area contributed by atoms with E-state index in [1.807, 2.05) is 12.3 Å². The maximum Gasteiger partial charge on any atom is 0.160 e. The number of aromatic nitrogens is 3. The highest BCUT2D eigenvalue weighted by molar-refractivity contribution is 5.71. The average molecular weight is 201 g/mol. The highest BCUT2D eigenvalue weighted by atomic mass is 15.2. The lowest BCUT2D eigenvalue weighted by molar-refractivity contribution is 0.312. The molecule has 15 heavy (non-hydrogen) atoms. The van der Waals surface area contributed by atoms with Crippen molar-refractivity contribution in [3.8, 4) is 0 Å². The average Bonchev–Trinajstić information content (AvgIpc) is 2.55. The zero-order valence-electron chi connectivity index (χ0n) is 8.98. The van der Waals surface area contributed by atoms with Crippen molar-refractivity contribution in [1.29, 1.82) is 0 Å². The molecule has 1 aliphatic rings. The molecule has 0 bridgehead atoms. The molecule has 2 aromatic rings. The zero-order valence-corrected chi connectivity index (χ0v) is 8.98. The van der Waals surface area contributed by atoms with Gasteiger partial charge < -0.3 is 4.57 Å². The maximum absolute atomic E-state index is 4.63. The molecule has 2 heterocycles. The molecule has 0 atom stereocenters. The van der Waals surface area contributed by atoms with Gasteiger partial charge >= 0.3 is 0 Å². The quantitative estimate of drug-likeness (QED) is 0.748. The predicted molar refractivity (Wildman–Crippen MR) is 59.8 cm³/mol. The number of hydrogen-bond donors (Lipinski definition) is 0. The van der Waals surface area contributed by atoms with Crippen LogP contribution in [0.4, 0.5) is 0 Å². The molecule has 3 nitrogen and oxygen atoms in total. The molecular weight excluding hydrogens is 186 g/mol. The van der Waals surface area contributed by atoms with E-state index < -0.39 is 0 Å². The lowest BCUT2D eigenvalue weighted by Crippen LogP contribution is -2.19. The van der Waals surface area contributed by atoms with Gasteiger partial charge in [-0.15, -0.1) is 0 Å². The molecule has 0 N–H and O–H groups in total. The van der Waals surface area contributed by atoms with Gasteiger partial charge in [0.05, 0.1) is 0 Å². The summed E-state index contributed by atoms with van der Waals surface area (Å²) in [5.41, 5.74) is 2.11. The van der Waals surface area contributed by atoms with Crippen LogP contribution in [0.5, 0.6) is 0 Å². The fourth-order valence-corrected chi connectivity index (χ4v) is 2.25. The van der Waals surface area contributed by atoms with Crippen LogP contribution in [0, 0.1) is 0 Å². The number of nitrogens with zero attached hydrogens (tertiary/aromatic N) is 3. The summed E-state index contributed by atoms with van der Waals surface area (Å²) in [4.78, 5) is 9.09. The van der Waals surface area contributed by atoms with Gasteiger partial charge in [-0.25, -0.2) is 9.97 Å². The summed E-state index contributed by atoms with van der Waals surface area (Å²) in [5.74, 6) is 1.19. The van der Waals surface area contributed by atoms with E-state index in [2.05, 4.69) is 27.5 Å². The van der Waals surface area contributed by atoms with Gasteiger partial charge in [-0.3, -0.25) is 0 Å². The van der Waals surface area contributed by atoms with Crippen molar-refractivity contribution in [3.05, 3.63) is 24.2 Å². The van der Waals surface area contributed by atoms with Crippen LogP contribution in [0.15, 0.2) is 18.3 Å². The van der Waals surface area contributed by atoms with Gasteiger partial charge in [0.15, 0.2) is 5.65 Å². The number of imidazole rings is 1. The number of rotatable bonds is 2. The van der Waals surface area contributed by atoms with Crippen LogP contribution in [0.25, 0.3) is 11.2 Å². The van der Waals surface area contributed by atoms with Crippen molar-refractivity contribution in [2.75, 3.05) is 0 Å². The Morgan fingerprint density at radius 1 is 1.47 bits per heavy atom.